The number of aromatic nitrogens is 2. The Kier molecular flexibility index (Phi) is 3.54. The van der Waals surface area contributed by atoms with E-state index in [1.165, 1.54) is 17.7 Å². The number of nitrogens with zero attached hydrogens (tertiary/aromatic N) is 2. The Morgan fingerprint density at radius 2 is 2.00 bits per heavy atom. The Bertz CT molecular complexity index is 488. The highest BCUT2D eigenvalue weighted by atomic mass is 19.1. The summed E-state index contributed by atoms with van der Waals surface area (Å²) < 4.78 is 14.7. The van der Waals surface area contributed by atoms with Crippen LogP contribution in [0, 0.1) is 5.82 Å². The van der Waals surface area contributed by atoms with Crippen LogP contribution in [0.2, 0.25) is 0 Å². The number of nitrogens with one attached hydrogen (secondary N) is 1. The molecular formula is C13H16FN3. The highest BCUT2D eigenvalue weighted by Gasteiger charge is 2.10. The molecule has 4 heteroatoms. The van der Waals surface area contributed by atoms with Gasteiger partial charge >= 0.3 is 0 Å². The predicted molar refractivity (Wildman–Crippen MR) is 66.2 cm³/mol. The average molecular weight is 233 g/mol. The lowest BCUT2D eigenvalue weighted by atomic mass is 10.1. The first-order valence-corrected chi connectivity index (χ1v) is 5.64. The maximum absolute atomic E-state index is 12.9. The van der Waals surface area contributed by atoms with E-state index in [4.69, 9.17) is 0 Å². The molecule has 0 amide bonds. The van der Waals surface area contributed by atoms with Gasteiger partial charge in [-0.25, -0.2) is 4.39 Å². The van der Waals surface area contributed by atoms with Gasteiger partial charge in [0.15, 0.2) is 0 Å². The summed E-state index contributed by atoms with van der Waals surface area (Å²) in [4.78, 5) is 0. The summed E-state index contributed by atoms with van der Waals surface area (Å²) in [6.07, 6.45) is 2.78. The highest BCUT2D eigenvalue weighted by molar-refractivity contribution is 5.63. The van der Waals surface area contributed by atoms with Gasteiger partial charge in [0, 0.05) is 12.6 Å². The van der Waals surface area contributed by atoms with E-state index < -0.39 is 0 Å². The summed E-state index contributed by atoms with van der Waals surface area (Å²) in [5, 5.41) is 7.38. The first kappa shape index (κ1) is 11.8. The van der Waals surface area contributed by atoms with Gasteiger partial charge in [-0.1, -0.05) is 0 Å². The van der Waals surface area contributed by atoms with E-state index in [0.717, 1.165) is 24.2 Å². The maximum atomic E-state index is 12.9. The number of hydrogen-bond donors (Lipinski definition) is 1. The van der Waals surface area contributed by atoms with E-state index in [0.29, 0.717) is 0 Å². The molecule has 0 saturated carbocycles. The van der Waals surface area contributed by atoms with Crippen LogP contribution in [-0.4, -0.2) is 23.4 Å². The molecule has 1 aromatic carbocycles. The van der Waals surface area contributed by atoms with Crippen LogP contribution in [0.15, 0.2) is 30.5 Å². The van der Waals surface area contributed by atoms with Gasteiger partial charge in [0.2, 0.25) is 0 Å². The molecule has 17 heavy (non-hydrogen) atoms. The van der Waals surface area contributed by atoms with Crippen molar-refractivity contribution in [3.05, 3.63) is 41.8 Å². The van der Waals surface area contributed by atoms with E-state index in [1.54, 1.807) is 12.1 Å². The van der Waals surface area contributed by atoms with E-state index in [-0.39, 0.29) is 5.82 Å². The summed E-state index contributed by atoms with van der Waals surface area (Å²) in [6.45, 7) is 0.903. The molecule has 1 heterocycles. The minimum atomic E-state index is -0.215. The molecule has 1 N–H and O–H groups in total. The third-order valence-corrected chi connectivity index (χ3v) is 2.78. The second kappa shape index (κ2) is 5.10. The van der Waals surface area contributed by atoms with Crippen molar-refractivity contribution in [1.82, 2.24) is 15.1 Å². The topological polar surface area (TPSA) is 29.9 Å². The maximum Gasteiger partial charge on any atom is 0.123 e. The van der Waals surface area contributed by atoms with Crippen LogP contribution in [0.1, 0.15) is 5.56 Å². The number of hydrogen-bond acceptors (Lipinski definition) is 2. The third-order valence-electron chi connectivity index (χ3n) is 2.78. The zero-order valence-corrected chi connectivity index (χ0v) is 10.1. The largest absolute Gasteiger partial charge is 0.319 e. The molecule has 0 aliphatic rings. The fourth-order valence-corrected chi connectivity index (χ4v) is 1.91. The van der Waals surface area contributed by atoms with E-state index in [2.05, 4.69) is 10.4 Å². The zero-order valence-electron chi connectivity index (χ0n) is 10.1. The predicted octanol–water partition coefficient (Wildman–Crippen LogP) is 1.99. The fraction of sp³-hybridized carbons (Fsp3) is 0.308. The molecule has 0 bridgehead atoms. The van der Waals surface area contributed by atoms with Gasteiger partial charge in [-0.05, 0) is 49.8 Å². The van der Waals surface area contributed by atoms with Crippen LogP contribution in [-0.2, 0) is 13.5 Å². The lowest BCUT2D eigenvalue weighted by Crippen LogP contribution is -2.10. The Morgan fingerprint density at radius 3 is 2.65 bits per heavy atom. The van der Waals surface area contributed by atoms with Crippen LogP contribution in [0.5, 0.6) is 0 Å². The van der Waals surface area contributed by atoms with Crippen molar-refractivity contribution in [2.45, 2.75) is 6.42 Å². The van der Waals surface area contributed by atoms with Crippen molar-refractivity contribution in [1.29, 1.82) is 0 Å². The molecule has 2 aromatic rings. The molecule has 0 aliphatic heterocycles. The van der Waals surface area contributed by atoms with Crippen LogP contribution in [0.25, 0.3) is 11.3 Å². The number of halogens is 1. The summed E-state index contributed by atoms with van der Waals surface area (Å²) in [5.74, 6) is -0.215. The first-order valence-electron chi connectivity index (χ1n) is 5.64. The van der Waals surface area contributed by atoms with Crippen LogP contribution in [0.4, 0.5) is 4.39 Å². The van der Waals surface area contributed by atoms with Crippen molar-refractivity contribution in [3.8, 4) is 11.3 Å². The highest BCUT2D eigenvalue weighted by Crippen LogP contribution is 2.23. The lowest BCUT2D eigenvalue weighted by Gasteiger charge is -2.06. The third kappa shape index (κ3) is 2.53. The fourth-order valence-electron chi connectivity index (χ4n) is 1.91. The Hall–Kier alpha value is -1.68. The molecule has 1 aromatic heterocycles. The van der Waals surface area contributed by atoms with Crippen molar-refractivity contribution in [2.24, 2.45) is 7.05 Å². The zero-order chi connectivity index (χ0) is 12.3. The van der Waals surface area contributed by atoms with Gasteiger partial charge in [0.25, 0.3) is 0 Å². The molecule has 0 fully saturated rings. The molecule has 2 rings (SSSR count). The Balaban J connectivity index is 2.36. The molecule has 90 valence electrons. The van der Waals surface area contributed by atoms with Crippen LogP contribution in [0.3, 0.4) is 0 Å². The van der Waals surface area contributed by atoms with Gasteiger partial charge in [0.05, 0.1) is 11.9 Å². The molecule has 0 spiro atoms. The smallest absolute Gasteiger partial charge is 0.123 e. The van der Waals surface area contributed by atoms with Gasteiger partial charge in [-0.2, -0.15) is 5.10 Å². The summed E-state index contributed by atoms with van der Waals surface area (Å²) in [5.41, 5.74) is 3.23. The van der Waals surface area contributed by atoms with Crippen LogP contribution >= 0.6 is 0 Å². The molecule has 3 nitrogen and oxygen atoms in total. The van der Waals surface area contributed by atoms with Gasteiger partial charge in [-0.15, -0.1) is 0 Å². The summed E-state index contributed by atoms with van der Waals surface area (Å²) in [7, 11) is 3.83. The SMILES string of the molecule is CNCCc1cnn(C)c1-c1ccc(F)cc1. The number of aryl methyl sites for hydroxylation is 1. The lowest BCUT2D eigenvalue weighted by molar-refractivity contribution is 0.628. The monoisotopic (exact) mass is 233 g/mol. The van der Waals surface area contributed by atoms with Crippen molar-refractivity contribution >= 4 is 0 Å². The van der Waals surface area contributed by atoms with Crippen molar-refractivity contribution in [3.63, 3.8) is 0 Å². The van der Waals surface area contributed by atoms with E-state index in [1.807, 2.05) is 25.0 Å². The summed E-state index contributed by atoms with van der Waals surface area (Å²) >= 11 is 0. The van der Waals surface area contributed by atoms with Gasteiger partial charge < -0.3 is 5.32 Å². The molecule has 0 atom stereocenters. The quantitative estimate of drug-likeness (QED) is 0.875. The standard InChI is InChI=1S/C13H16FN3/c1-15-8-7-11-9-16-17(2)13(11)10-3-5-12(14)6-4-10/h3-6,9,15H,7-8H2,1-2H3. The number of likely N-dealkylation sites (N-methyl/N-ethyl adjacent to an activating group) is 1. The average Bonchev–Trinajstić information content (AvgIpc) is 2.69. The molecular weight excluding hydrogens is 217 g/mol. The second-order valence-corrected chi connectivity index (χ2v) is 4.00. The van der Waals surface area contributed by atoms with Crippen molar-refractivity contribution < 1.29 is 4.39 Å². The summed E-state index contributed by atoms with van der Waals surface area (Å²) in [6, 6.07) is 6.53. The minimum Gasteiger partial charge on any atom is -0.319 e. The van der Waals surface area contributed by atoms with Crippen LogP contribution < -0.4 is 5.32 Å². The minimum absolute atomic E-state index is 0.215. The molecule has 0 unspecified atom stereocenters. The van der Waals surface area contributed by atoms with Gasteiger partial charge in [0.1, 0.15) is 5.82 Å². The van der Waals surface area contributed by atoms with Gasteiger partial charge in [-0.3, -0.25) is 4.68 Å². The molecule has 0 radical (unpaired) electrons. The number of benzene rings is 1. The molecule has 0 saturated heterocycles. The van der Waals surface area contributed by atoms with Crippen molar-refractivity contribution in [2.75, 3.05) is 13.6 Å². The number of rotatable bonds is 4. The normalized spacial score (nSPS) is 10.8. The van der Waals surface area contributed by atoms with E-state index >= 15 is 0 Å². The second-order valence-electron chi connectivity index (χ2n) is 4.00. The van der Waals surface area contributed by atoms with E-state index in [9.17, 15) is 4.39 Å². The molecule has 0 aliphatic carbocycles. The Labute approximate surface area is 100 Å². The first-order chi connectivity index (χ1) is 8.22. The Morgan fingerprint density at radius 1 is 1.29 bits per heavy atom.